The van der Waals surface area contributed by atoms with Crippen LogP contribution in [0.1, 0.15) is 452 Å². The molecular weight excluding hydrogens is 1350 g/mol. The second-order valence-corrected chi connectivity index (χ2v) is 34.0. The van der Waals surface area contributed by atoms with Crippen molar-refractivity contribution in [1.29, 1.82) is 0 Å². The van der Waals surface area contributed by atoms with E-state index in [1.165, 1.54) is 263 Å². The maximum atomic E-state index is 13.1. The molecule has 0 spiro atoms. The third-order valence-corrected chi connectivity index (χ3v) is 22.6. The lowest BCUT2D eigenvalue weighted by atomic mass is 9.99. The van der Waals surface area contributed by atoms with Crippen molar-refractivity contribution in [3.63, 3.8) is 0 Å². The molecule has 0 bridgehead atoms. The van der Waals surface area contributed by atoms with Gasteiger partial charge in [0, 0.05) is 25.7 Å². The Bertz CT molecular complexity index is 2000. The van der Waals surface area contributed by atoms with Crippen LogP contribution in [0.25, 0.3) is 0 Å². The Kier molecular flexibility index (Phi) is 75.0. The Morgan fingerprint density at radius 3 is 0.683 bits per heavy atom. The first-order valence-corrected chi connectivity index (χ1v) is 47.1. The second-order valence-electron chi connectivity index (χ2n) is 31.1. The van der Waals surface area contributed by atoms with E-state index in [1.807, 2.05) is 0 Å². The molecule has 0 saturated carbocycles. The Morgan fingerprint density at radius 1 is 0.269 bits per heavy atom. The van der Waals surface area contributed by atoms with Crippen LogP contribution in [0.4, 0.5) is 0 Å². The smallest absolute Gasteiger partial charge is 0.462 e. The Morgan fingerprint density at radius 2 is 0.462 bits per heavy atom. The van der Waals surface area contributed by atoms with Crippen LogP contribution in [0.3, 0.4) is 0 Å². The molecule has 4 unspecified atom stereocenters. The van der Waals surface area contributed by atoms with Crippen molar-refractivity contribution < 1.29 is 80.2 Å². The summed E-state index contributed by atoms with van der Waals surface area (Å²) in [6.45, 7) is 9.60. The van der Waals surface area contributed by atoms with Crippen molar-refractivity contribution in [2.24, 2.45) is 11.8 Å². The summed E-state index contributed by atoms with van der Waals surface area (Å²) in [5, 5.41) is 10.7. The fourth-order valence-electron chi connectivity index (χ4n) is 13.2. The molecule has 618 valence electrons. The molecule has 0 aliphatic carbocycles. The van der Waals surface area contributed by atoms with Crippen molar-refractivity contribution in [2.45, 2.75) is 471 Å². The second kappa shape index (κ2) is 76.4. The van der Waals surface area contributed by atoms with Crippen LogP contribution in [0.5, 0.6) is 0 Å². The van der Waals surface area contributed by atoms with Gasteiger partial charge in [0.25, 0.3) is 0 Å². The molecule has 0 aliphatic rings. The summed E-state index contributed by atoms with van der Waals surface area (Å²) in [6.07, 6.45) is 68.3. The van der Waals surface area contributed by atoms with Crippen molar-refractivity contribution in [3.05, 3.63) is 0 Å². The molecule has 0 radical (unpaired) electrons. The molecule has 3 N–H and O–H groups in total. The molecule has 0 aromatic heterocycles. The van der Waals surface area contributed by atoms with E-state index in [4.69, 9.17) is 37.0 Å². The summed E-state index contributed by atoms with van der Waals surface area (Å²) in [7, 11) is -9.92. The number of phosphoric acid groups is 2. The average molecular weight is 1520 g/mol. The number of aliphatic hydroxyl groups excluding tert-OH is 1. The minimum absolute atomic E-state index is 0.104. The van der Waals surface area contributed by atoms with Gasteiger partial charge in [-0.2, -0.15) is 0 Å². The summed E-state index contributed by atoms with van der Waals surface area (Å²) in [5.41, 5.74) is 0. The monoisotopic (exact) mass is 1520 g/mol. The molecular formula is C85H166O17P2. The normalized spacial score (nSPS) is 14.4. The van der Waals surface area contributed by atoms with E-state index in [-0.39, 0.29) is 25.7 Å². The Labute approximate surface area is 638 Å². The number of hydrogen-bond donors (Lipinski definition) is 3. The molecule has 0 fully saturated rings. The highest BCUT2D eigenvalue weighted by atomic mass is 31.2. The first-order chi connectivity index (χ1) is 50.4. The van der Waals surface area contributed by atoms with Gasteiger partial charge in [0.05, 0.1) is 26.4 Å². The van der Waals surface area contributed by atoms with Gasteiger partial charge in [-0.05, 0) is 37.5 Å². The Balaban J connectivity index is 5.20. The lowest BCUT2D eigenvalue weighted by Crippen LogP contribution is -2.30. The fraction of sp³-hybridized carbons (Fsp3) is 0.953. The van der Waals surface area contributed by atoms with Gasteiger partial charge >= 0.3 is 39.5 Å². The number of rotatable bonds is 84. The summed E-state index contributed by atoms with van der Waals surface area (Å²) < 4.78 is 68.8. The quantitative estimate of drug-likeness (QED) is 0.0222. The van der Waals surface area contributed by atoms with E-state index in [0.717, 1.165) is 108 Å². The number of carbonyl (C=O) groups is 4. The van der Waals surface area contributed by atoms with Crippen LogP contribution in [0.2, 0.25) is 0 Å². The zero-order valence-electron chi connectivity index (χ0n) is 68.3. The van der Waals surface area contributed by atoms with Gasteiger partial charge in [-0.1, -0.05) is 401 Å². The van der Waals surface area contributed by atoms with Gasteiger partial charge in [-0.15, -0.1) is 0 Å². The van der Waals surface area contributed by atoms with Gasteiger partial charge in [0.1, 0.15) is 19.3 Å². The standard InChI is InChI=1S/C85H166O17P2/c1-7-11-13-15-17-19-21-23-25-27-29-31-33-35-37-39-41-43-48-55-61-67-82(87)95-73-80(101-84(89)69-63-57-49-44-42-40-38-36-34-32-30-28-26-24-22-20-18-16-14-12-8-2)75-99-103(91,92)97-71-79(86)72-98-104(93,94)100-76-81(74-96-83(88)68-62-56-52-51-54-60-66-78(6)10-4)102-85(90)70-64-58-50-46-45-47-53-59-65-77(5)9-3/h77-81,86H,7-76H2,1-6H3,(H,91,92)(H,93,94)/t77?,78?,79-,80-,81-/m1/s1. The van der Waals surface area contributed by atoms with Crippen molar-refractivity contribution in [2.75, 3.05) is 39.6 Å². The van der Waals surface area contributed by atoms with Crippen molar-refractivity contribution in [1.82, 2.24) is 0 Å². The molecule has 19 heteroatoms. The van der Waals surface area contributed by atoms with Gasteiger partial charge in [-0.3, -0.25) is 37.3 Å². The summed E-state index contributed by atoms with van der Waals surface area (Å²) in [5.74, 6) is -0.609. The van der Waals surface area contributed by atoms with Gasteiger partial charge < -0.3 is 33.8 Å². The van der Waals surface area contributed by atoms with E-state index >= 15 is 0 Å². The molecule has 0 saturated heterocycles. The first kappa shape index (κ1) is 102. The number of hydrogen-bond acceptors (Lipinski definition) is 15. The van der Waals surface area contributed by atoms with Crippen LogP contribution in [0, 0.1) is 11.8 Å². The topological polar surface area (TPSA) is 237 Å². The van der Waals surface area contributed by atoms with Crippen LogP contribution in [0.15, 0.2) is 0 Å². The zero-order valence-corrected chi connectivity index (χ0v) is 70.1. The highest BCUT2D eigenvalue weighted by Crippen LogP contribution is 2.45. The lowest BCUT2D eigenvalue weighted by Gasteiger charge is -2.21. The van der Waals surface area contributed by atoms with E-state index in [0.29, 0.717) is 25.7 Å². The number of phosphoric ester groups is 2. The number of aliphatic hydroxyl groups is 1. The number of ether oxygens (including phenoxy) is 4. The number of carbonyl (C=O) groups excluding carboxylic acids is 4. The van der Waals surface area contributed by atoms with Gasteiger partial charge in [0.15, 0.2) is 12.2 Å². The minimum Gasteiger partial charge on any atom is -0.462 e. The zero-order chi connectivity index (χ0) is 76.4. The van der Waals surface area contributed by atoms with E-state index < -0.39 is 97.5 Å². The SMILES string of the molecule is CCCCCCCCCCCCCCCCCCCCCCCC(=O)OC[C@H](COP(=O)(O)OC[C@@H](O)COP(=O)(O)OC[C@@H](COC(=O)CCCCCCCCC(C)CC)OC(=O)CCCCCCCCCCC(C)CC)OC(=O)CCCCCCCCCCCCCCCCCCCCCCC. The van der Waals surface area contributed by atoms with Crippen molar-refractivity contribution >= 4 is 39.5 Å². The third-order valence-electron chi connectivity index (χ3n) is 20.7. The van der Waals surface area contributed by atoms with Crippen LogP contribution in [-0.4, -0.2) is 96.7 Å². The average Bonchev–Trinajstić information content (AvgIpc) is 0.911. The van der Waals surface area contributed by atoms with Crippen molar-refractivity contribution in [3.8, 4) is 0 Å². The van der Waals surface area contributed by atoms with E-state index in [1.54, 1.807) is 0 Å². The molecule has 0 aromatic rings. The lowest BCUT2D eigenvalue weighted by molar-refractivity contribution is -0.161. The highest BCUT2D eigenvalue weighted by Gasteiger charge is 2.30. The van der Waals surface area contributed by atoms with Crippen LogP contribution in [-0.2, 0) is 65.4 Å². The molecule has 0 amide bonds. The molecule has 104 heavy (non-hydrogen) atoms. The summed E-state index contributed by atoms with van der Waals surface area (Å²) >= 11 is 0. The van der Waals surface area contributed by atoms with Crippen LogP contribution < -0.4 is 0 Å². The number of unbranched alkanes of at least 4 members (excludes halogenated alkanes) is 52. The molecule has 17 nitrogen and oxygen atoms in total. The van der Waals surface area contributed by atoms with E-state index in [9.17, 15) is 43.2 Å². The predicted octanol–water partition coefficient (Wildman–Crippen LogP) is 25.8. The van der Waals surface area contributed by atoms with Crippen LogP contribution >= 0.6 is 15.6 Å². The van der Waals surface area contributed by atoms with Gasteiger partial charge in [-0.25, -0.2) is 9.13 Å². The first-order valence-electron chi connectivity index (χ1n) is 44.1. The third kappa shape index (κ3) is 75.5. The number of esters is 4. The molecule has 0 heterocycles. The fourth-order valence-corrected chi connectivity index (χ4v) is 14.8. The molecule has 0 aliphatic heterocycles. The maximum absolute atomic E-state index is 13.1. The largest absolute Gasteiger partial charge is 0.472 e. The molecule has 0 aromatic carbocycles. The summed E-state index contributed by atoms with van der Waals surface area (Å²) in [6, 6.07) is 0. The molecule has 0 rings (SSSR count). The predicted molar refractivity (Wildman–Crippen MR) is 428 cm³/mol. The van der Waals surface area contributed by atoms with Gasteiger partial charge in [0.2, 0.25) is 0 Å². The highest BCUT2D eigenvalue weighted by molar-refractivity contribution is 7.47. The minimum atomic E-state index is -4.97. The Hall–Kier alpha value is -1.94. The summed E-state index contributed by atoms with van der Waals surface area (Å²) in [4.78, 5) is 73.1. The maximum Gasteiger partial charge on any atom is 0.472 e. The molecule has 7 atom stereocenters. The van der Waals surface area contributed by atoms with E-state index in [2.05, 4.69) is 41.5 Å².